The molecule has 0 aliphatic heterocycles. The molecule has 0 spiro atoms. The number of nitrogens with zero attached hydrogens (tertiary/aromatic N) is 4. The molecule has 0 atom stereocenters. The number of fused-ring (bicyclic) bond motifs is 1. The van der Waals surface area contributed by atoms with Crippen molar-refractivity contribution in [2.45, 2.75) is 19.9 Å². The van der Waals surface area contributed by atoms with Gasteiger partial charge in [-0.3, -0.25) is 18.8 Å². The largest absolute Gasteiger partial charge is 0.298 e. The molecule has 16 heavy (non-hydrogen) atoms. The maximum absolute atomic E-state index is 11.9. The molecule has 0 unspecified atom stereocenters. The van der Waals surface area contributed by atoms with Crippen LogP contribution in [-0.2, 0) is 18.4 Å². The molecule has 0 amide bonds. The van der Waals surface area contributed by atoms with E-state index in [-0.39, 0.29) is 17.9 Å². The summed E-state index contributed by atoms with van der Waals surface area (Å²) in [7, 11) is 1.72. The number of Topliss-reactive ketones (excluding diaryl/α,β-unsaturated/α-hetero) is 1. The number of rotatable bonds is 3. The summed E-state index contributed by atoms with van der Waals surface area (Å²) in [4.78, 5) is 27.3. The van der Waals surface area contributed by atoms with Crippen molar-refractivity contribution in [3.63, 3.8) is 0 Å². The van der Waals surface area contributed by atoms with E-state index in [1.165, 1.54) is 21.8 Å². The molecular formula is C10H12N4O2. The lowest BCUT2D eigenvalue weighted by Gasteiger charge is -2.02. The normalized spacial score (nSPS) is 10.9. The van der Waals surface area contributed by atoms with E-state index in [4.69, 9.17) is 0 Å². The molecule has 2 aromatic rings. The van der Waals surface area contributed by atoms with Crippen LogP contribution in [0.2, 0.25) is 0 Å². The van der Waals surface area contributed by atoms with Gasteiger partial charge in [-0.1, -0.05) is 6.92 Å². The number of aryl methyl sites for hydroxylation is 1. The number of carbonyl (C=O) groups excluding carboxylic acids is 1. The average Bonchev–Trinajstić information content (AvgIpc) is 2.65. The Balaban J connectivity index is 2.53. The summed E-state index contributed by atoms with van der Waals surface area (Å²) in [5.74, 6) is 0.00661. The molecule has 0 fully saturated rings. The van der Waals surface area contributed by atoms with Crippen LogP contribution in [0.5, 0.6) is 0 Å². The monoisotopic (exact) mass is 220 g/mol. The minimum absolute atomic E-state index is 0.00661. The highest BCUT2D eigenvalue weighted by Crippen LogP contribution is 2.03. The smallest absolute Gasteiger partial charge is 0.264 e. The number of aromatic nitrogens is 4. The van der Waals surface area contributed by atoms with Gasteiger partial charge in [0, 0.05) is 13.5 Å². The first-order valence-electron chi connectivity index (χ1n) is 5.02. The Kier molecular flexibility index (Phi) is 2.55. The van der Waals surface area contributed by atoms with E-state index in [1.807, 2.05) is 0 Å². The van der Waals surface area contributed by atoms with Gasteiger partial charge in [0.2, 0.25) is 0 Å². The van der Waals surface area contributed by atoms with Gasteiger partial charge < -0.3 is 0 Å². The lowest BCUT2D eigenvalue weighted by atomic mass is 10.3. The van der Waals surface area contributed by atoms with Gasteiger partial charge in [-0.2, -0.15) is 5.10 Å². The Hall–Kier alpha value is -1.98. The Morgan fingerprint density at radius 2 is 2.25 bits per heavy atom. The van der Waals surface area contributed by atoms with Crippen LogP contribution in [-0.4, -0.2) is 25.1 Å². The van der Waals surface area contributed by atoms with Gasteiger partial charge >= 0.3 is 0 Å². The summed E-state index contributed by atoms with van der Waals surface area (Å²) < 4.78 is 2.85. The molecule has 0 aliphatic carbocycles. The highest BCUT2D eigenvalue weighted by Gasteiger charge is 2.09. The average molecular weight is 220 g/mol. The Bertz CT molecular complexity index is 596. The van der Waals surface area contributed by atoms with E-state index in [2.05, 4.69) is 10.1 Å². The first kappa shape index (κ1) is 10.5. The van der Waals surface area contributed by atoms with Crippen LogP contribution in [0.3, 0.4) is 0 Å². The van der Waals surface area contributed by atoms with E-state index in [9.17, 15) is 9.59 Å². The summed E-state index contributed by atoms with van der Waals surface area (Å²) in [5, 5.41) is 4.39. The van der Waals surface area contributed by atoms with Crippen molar-refractivity contribution >= 4 is 16.8 Å². The lowest BCUT2D eigenvalue weighted by molar-refractivity contribution is -0.119. The second-order valence-electron chi connectivity index (χ2n) is 3.58. The Morgan fingerprint density at radius 1 is 1.50 bits per heavy atom. The summed E-state index contributed by atoms with van der Waals surface area (Å²) in [6.45, 7) is 1.84. The fourth-order valence-electron chi connectivity index (χ4n) is 1.48. The SMILES string of the molecule is CCC(=O)Cn1cnc2c(cnn2C)c1=O. The predicted molar refractivity (Wildman–Crippen MR) is 58.1 cm³/mol. The molecule has 6 nitrogen and oxygen atoms in total. The first-order valence-corrected chi connectivity index (χ1v) is 5.02. The van der Waals surface area contributed by atoms with Crippen LogP contribution in [0.4, 0.5) is 0 Å². The van der Waals surface area contributed by atoms with Crippen molar-refractivity contribution in [2.24, 2.45) is 7.05 Å². The van der Waals surface area contributed by atoms with Crippen molar-refractivity contribution in [3.05, 3.63) is 22.9 Å². The molecule has 0 aromatic carbocycles. The van der Waals surface area contributed by atoms with Gasteiger partial charge in [0.05, 0.1) is 12.7 Å². The lowest BCUT2D eigenvalue weighted by Crippen LogP contribution is -2.24. The maximum atomic E-state index is 11.9. The first-order chi connectivity index (χ1) is 7.63. The fourth-order valence-corrected chi connectivity index (χ4v) is 1.48. The zero-order valence-corrected chi connectivity index (χ0v) is 9.17. The zero-order valence-electron chi connectivity index (χ0n) is 9.17. The number of carbonyl (C=O) groups is 1. The Labute approximate surface area is 91.5 Å². The van der Waals surface area contributed by atoms with Crippen molar-refractivity contribution in [2.75, 3.05) is 0 Å². The van der Waals surface area contributed by atoms with Crippen molar-refractivity contribution in [3.8, 4) is 0 Å². The van der Waals surface area contributed by atoms with Crippen LogP contribution in [0.15, 0.2) is 17.3 Å². The molecule has 2 heterocycles. The molecule has 0 aliphatic rings. The van der Waals surface area contributed by atoms with E-state index in [1.54, 1.807) is 14.0 Å². The van der Waals surface area contributed by atoms with E-state index in [0.29, 0.717) is 17.5 Å². The second kappa shape index (κ2) is 3.88. The second-order valence-corrected chi connectivity index (χ2v) is 3.58. The van der Waals surface area contributed by atoms with E-state index >= 15 is 0 Å². The van der Waals surface area contributed by atoms with Crippen molar-refractivity contribution in [1.82, 2.24) is 19.3 Å². The minimum atomic E-state index is -0.222. The maximum Gasteiger partial charge on any atom is 0.264 e. The van der Waals surface area contributed by atoms with E-state index in [0.717, 1.165) is 0 Å². The van der Waals surface area contributed by atoms with Crippen LogP contribution in [0.25, 0.3) is 11.0 Å². The molecule has 6 heteroatoms. The summed E-state index contributed by atoms with van der Waals surface area (Å²) in [5.41, 5.74) is 0.310. The van der Waals surface area contributed by atoms with Gasteiger partial charge in [0.1, 0.15) is 11.7 Å². The Morgan fingerprint density at radius 3 is 2.94 bits per heavy atom. The molecule has 84 valence electrons. The van der Waals surface area contributed by atoms with Gasteiger partial charge in [0.25, 0.3) is 5.56 Å². The third-order valence-corrected chi connectivity index (χ3v) is 2.46. The van der Waals surface area contributed by atoms with Crippen LogP contribution < -0.4 is 5.56 Å². The number of ketones is 1. The molecular weight excluding hydrogens is 208 g/mol. The molecule has 2 aromatic heterocycles. The molecule has 0 saturated heterocycles. The van der Waals surface area contributed by atoms with Crippen LogP contribution >= 0.6 is 0 Å². The summed E-state index contributed by atoms with van der Waals surface area (Å²) >= 11 is 0. The molecule has 0 bridgehead atoms. The standard InChI is InChI=1S/C10H12N4O2/c1-3-7(15)5-14-6-11-9-8(10(14)16)4-12-13(9)2/h4,6H,3,5H2,1-2H3. The topological polar surface area (TPSA) is 69.8 Å². The van der Waals surface area contributed by atoms with Crippen molar-refractivity contribution in [1.29, 1.82) is 0 Å². The highest BCUT2D eigenvalue weighted by atomic mass is 16.1. The molecule has 0 N–H and O–H groups in total. The zero-order chi connectivity index (χ0) is 11.7. The minimum Gasteiger partial charge on any atom is -0.298 e. The number of hydrogen-bond donors (Lipinski definition) is 0. The fraction of sp³-hybridized carbons (Fsp3) is 0.400. The van der Waals surface area contributed by atoms with Gasteiger partial charge in [-0.15, -0.1) is 0 Å². The molecule has 0 saturated carbocycles. The number of hydrogen-bond acceptors (Lipinski definition) is 4. The quantitative estimate of drug-likeness (QED) is 0.736. The summed E-state index contributed by atoms with van der Waals surface area (Å²) in [6, 6.07) is 0. The third kappa shape index (κ3) is 1.62. The molecule has 2 rings (SSSR count). The van der Waals surface area contributed by atoms with E-state index < -0.39 is 0 Å². The molecule has 0 radical (unpaired) electrons. The van der Waals surface area contributed by atoms with Crippen molar-refractivity contribution < 1.29 is 4.79 Å². The van der Waals surface area contributed by atoms with Crippen LogP contribution in [0, 0.1) is 0 Å². The predicted octanol–water partition coefficient (Wildman–Crippen LogP) is 0.109. The summed E-state index contributed by atoms with van der Waals surface area (Å²) in [6.07, 6.45) is 3.27. The van der Waals surface area contributed by atoms with Gasteiger partial charge in [-0.25, -0.2) is 4.98 Å². The highest BCUT2D eigenvalue weighted by molar-refractivity contribution is 5.78. The van der Waals surface area contributed by atoms with Gasteiger partial charge in [-0.05, 0) is 0 Å². The third-order valence-electron chi connectivity index (χ3n) is 2.46. The van der Waals surface area contributed by atoms with Crippen LogP contribution in [0.1, 0.15) is 13.3 Å². The van der Waals surface area contributed by atoms with Gasteiger partial charge in [0.15, 0.2) is 11.4 Å².